The van der Waals surface area contributed by atoms with Crippen LogP contribution in [0.2, 0.25) is 0 Å². The Balaban J connectivity index is 1.28. The normalized spacial score (nSPS) is 21.5. The maximum absolute atomic E-state index is 13.3. The van der Waals surface area contributed by atoms with Crippen LogP contribution in [0.15, 0.2) is 58.3 Å². The van der Waals surface area contributed by atoms with Gasteiger partial charge in [0.1, 0.15) is 0 Å². The Labute approximate surface area is 211 Å². The maximum Gasteiger partial charge on any atom is 0.243 e. The molecule has 3 aromatic rings. The van der Waals surface area contributed by atoms with Crippen molar-refractivity contribution in [3.8, 4) is 0 Å². The molecule has 2 fully saturated rings. The monoisotopic (exact) mass is 533 g/mol. The smallest absolute Gasteiger partial charge is 0.241 e. The van der Waals surface area contributed by atoms with E-state index >= 15 is 0 Å². The minimum absolute atomic E-state index is 0.00822. The summed E-state index contributed by atoms with van der Waals surface area (Å²) in [5, 5.41) is 1.07. The molecular weight excluding hydrogens is 502 g/mol. The molecule has 0 aliphatic carbocycles. The van der Waals surface area contributed by atoms with Crippen molar-refractivity contribution in [2.75, 3.05) is 19.6 Å². The lowest BCUT2D eigenvalue weighted by Gasteiger charge is -2.34. The van der Waals surface area contributed by atoms with E-state index in [0.29, 0.717) is 19.6 Å². The molecule has 0 unspecified atom stereocenters. The molecule has 2 aliphatic heterocycles. The fourth-order valence-electron chi connectivity index (χ4n) is 5.17. The fraction of sp³-hybridized carbons (Fsp3) is 0.480. The molecule has 1 atom stereocenters. The number of nitrogens with zero attached hydrogens (tertiary/aromatic N) is 3. The highest BCUT2D eigenvalue weighted by molar-refractivity contribution is 7.89. The van der Waals surface area contributed by atoms with Crippen LogP contribution in [0.1, 0.15) is 56.4 Å². The summed E-state index contributed by atoms with van der Waals surface area (Å²) in [6.45, 7) is 3.38. The summed E-state index contributed by atoms with van der Waals surface area (Å²) in [5.74, 6) is 0.252. The number of fused-ring (bicyclic) bond motifs is 1. The first-order valence-electron chi connectivity index (χ1n) is 12.3. The van der Waals surface area contributed by atoms with Crippen molar-refractivity contribution >= 4 is 41.6 Å². The van der Waals surface area contributed by atoms with E-state index in [1.54, 1.807) is 15.6 Å². The van der Waals surface area contributed by atoms with Gasteiger partial charge in [-0.25, -0.2) is 21.8 Å². The predicted octanol–water partition coefficient (Wildman–Crippen LogP) is 4.82. The topological polar surface area (TPSA) is 87.7 Å². The van der Waals surface area contributed by atoms with Crippen LogP contribution >= 0.6 is 11.3 Å². The number of aromatic nitrogens is 1. The van der Waals surface area contributed by atoms with E-state index in [0.717, 1.165) is 53.7 Å². The second-order valence-electron chi connectivity index (χ2n) is 9.34. The first-order chi connectivity index (χ1) is 16.8. The first kappa shape index (κ1) is 24.8. The van der Waals surface area contributed by atoms with Gasteiger partial charge in [0.25, 0.3) is 0 Å². The zero-order valence-corrected chi connectivity index (χ0v) is 22.3. The lowest BCUT2D eigenvalue weighted by molar-refractivity contribution is 0.246. The third kappa shape index (κ3) is 4.79. The van der Waals surface area contributed by atoms with Gasteiger partial charge in [0.05, 0.1) is 25.0 Å². The van der Waals surface area contributed by atoms with Crippen LogP contribution in [0.3, 0.4) is 0 Å². The Morgan fingerprint density at radius 3 is 2.17 bits per heavy atom. The van der Waals surface area contributed by atoms with Crippen molar-refractivity contribution < 1.29 is 16.8 Å². The number of piperidine rings is 2. The molecule has 0 N–H and O–H groups in total. The van der Waals surface area contributed by atoms with E-state index in [-0.39, 0.29) is 21.8 Å². The molecule has 0 amide bonds. The second-order valence-corrected chi connectivity index (χ2v) is 14.2. The van der Waals surface area contributed by atoms with Crippen LogP contribution in [0, 0.1) is 0 Å². The van der Waals surface area contributed by atoms with Gasteiger partial charge in [-0.3, -0.25) is 0 Å². The molecule has 0 radical (unpaired) electrons. The molecule has 35 heavy (non-hydrogen) atoms. The summed E-state index contributed by atoms with van der Waals surface area (Å²) in [5.41, 5.74) is 0.993. The Bertz CT molecular complexity index is 1360. The van der Waals surface area contributed by atoms with E-state index in [4.69, 9.17) is 4.98 Å². The second kappa shape index (κ2) is 9.89. The van der Waals surface area contributed by atoms with Crippen molar-refractivity contribution in [2.24, 2.45) is 0 Å². The SMILES string of the molecule is CC[C@@H]1CCCCN1S(=O)(=O)c1ccc(S(=O)(=O)N2CCC(c3nc4ccccc4s3)CC2)cc1. The highest BCUT2D eigenvalue weighted by Gasteiger charge is 2.34. The van der Waals surface area contributed by atoms with Crippen molar-refractivity contribution in [1.82, 2.24) is 13.6 Å². The Kier molecular flexibility index (Phi) is 7.02. The Hall–Kier alpha value is -1.85. The van der Waals surface area contributed by atoms with Gasteiger partial charge in [0, 0.05) is 31.6 Å². The van der Waals surface area contributed by atoms with Crippen molar-refractivity contribution in [3.05, 3.63) is 53.5 Å². The van der Waals surface area contributed by atoms with Crippen LogP contribution < -0.4 is 0 Å². The Morgan fingerprint density at radius 2 is 1.51 bits per heavy atom. The molecule has 5 rings (SSSR count). The maximum atomic E-state index is 13.3. The lowest BCUT2D eigenvalue weighted by Crippen LogP contribution is -2.43. The Morgan fingerprint density at radius 1 is 0.857 bits per heavy atom. The first-order valence-corrected chi connectivity index (χ1v) is 16.0. The molecule has 188 valence electrons. The number of para-hydroxylation sites is 1. The molecule has 2 aromatic carbocycles. The number of thiazole rings is 1. The van der Waals surface area contributed by atoms with Gasteiger partial charge < -0.3 is 0 Å². The van der Waals surface area contributed by atoms with Gasteiger partial charge in [-0.05, 0) is 68.5 Å². The molecule has 7 nitrogen and oxygen atoms in total. The molecule has 3 heterocycles. The van der Waals surface area contributed by atoms with Gasteiger partial charge in [-0.2, -0.15) is 8.61 Å². The number of benzene rings is 2. The summed E-state index contributed by atoms with van der Waals surface area (Å²) in [7, 11) is -7.33. The minimum Gasteiger partial charge on any atom is -0.241 e. The zero-order chi connectivity index (χ0) is 24.6. The molecule has 2 aliphatic rings. The van der Waals surface area contributed by atoms with Crippen LogP contribution in [0.4, 0.5) is 0 Å². The minimum atomic E-state index is -3.69. The average Bonchev–Trinajstić information content (AvgIpc) is 3.33. The quantitative estimate of drug-likeness (QED) is 0.453. The van der Waals surface area contributed by atoms with E-state index in [1.807, 2.05) is 25.1 Å². The van der Waals surface area contributed by atoms with E-state index < -0.39 is 20.0 Å². The number of rotatable bonds is 6. The van der Waals surface area contributed by atoms with E-state index in [2.05, 4.69) is 6.07 Å². The van der Waals surface area contributed by atoms with E-state index in [9.17, 15) is 16.8 Å². The largest absolute Gasteiger partial charge is 0.243 e. The third-order valence-electron chi connectivity index (χ3n) is 7.23. The van der Waals surface area contributed by atoms with Crippen LogP contribution in [-0.2, 0) is 20.0 Å². The highest BCUT2D eigenvalue weighted by atomic mass is 32.2. The van der Waals surface area contributed by atoms with Crippen LogP contribution in [-0.4, -0.2) is 56.1 Å². The van der Waals surface area contributed by atoms with Gasteiger partial charge in [-0.15, -0.1) is 11.3 Å². The van der Waals surface area contributed by atoms with Crippen molar-refractivity contribution in [1.29, 1.82) is 0 Å². The molecule has 0 bridgehead atoms. The third-order valence-corrected chi connectivity index (χ3v) is 12.3. The number of hydrogen-bond acceptors (Lipinski definition) is 6. The van der Waals surface area contributed by atoms with Crippen molar-refractivity contribution in [2.45, 2.75) is 67.2 Å². The molecule has 0 spiro atoms. The lowest BCUT2D eigenvalue weighted by atomic mass is 9.99. The predicted molar refractivity (Wildman–Crippen MR) is 139 cm³/mol. The summed E-state index contributed by atoms with van der Waals surface area (Å²) >= 11 is 1.69. The van der Waals surface area contributed by atoms with Gasteiger partial charge in [0.2, 0.25) is 20.0 Å². The molecule has 1 aromatic heterocycles. The molecule has 2 saturated heterocycles. The zero-order valence-electron chi connectivity index (χ0n) is 19.8. The van der Waals surface area contributed by atoms with E-state index in [1.165, 1.54) is 28.6 Å². The van der Waals surface area contributed by atoms with Crippen LogP contribution in [0.5, 0.6) is 0 Å². The summed E-state index contributed by atoms with van der Waals surface area (Å²) in [4.78, 5) is 5.05. The summed E-state index contributed by atoms with van der Waals surface area (Å²) in [6, 6.07) is 13.8. The fourth-order valence-corrected chi connectivity index (χ4v) is 9.55. The molecule has 10 heteroatoms. The molecular formula is C25H31N3O4S3. The number of sulfonamides is 2. The number of hydrogen-bond donors (Lipinski definition) is 0. The highest BCUT2D eigenvalue weighted by Crippen LogP contribution is 2.35. The van der Waals surface area contributed by atoms with Crippen molar-refractivity contribution in [3.63, 3.8) is 0 Å². The van der Waals surface area contributed by atoms with Crippen LogP contribution in [0.25, 0.3) is 10.2 Å². The average molecular weight is 534 g/mol. The molecule has 0 saturated carbocycles. The standard InChI is InChI=1S/C25H31N3O4S3/c1-2-20-7-5-6-16-28(20)35(31,32)22-12-10-21(11-13-22)34(29,30)27-17-14-19(15-18-27)25-26-23-8-3-4-9-24(23)33-25/h3-4,8-13,19-20H,2,5-7,14-18H2,1H3/t20-/m1/s1. The summed E-state index contributed by atoms with van der Waals surface area (Å²) < 4.78 is 57.3. The van der Waals surface area contributed by atoms with Gasteiger partial charge in [-0.1, -0.05) is 25.5 Å². The summed E-state index contributed by atoms with van der Waals surface area (Å²) in [6.07, 6.45) is 4.98. The van der Waals surface area contributed by atoms with Gasteiger partial charge in [0.15, 0.2) is 0 Å². The van der Waals surface area contributed by atoms with Gasteiger partial charge >= 0.3 is 0 Å².